The Morgan fingerprint density at radius 1 is 1.11 bits per heavy atom. The molecule has 1 atom stereocenters. The van der Waals surface area contributed by atoms with Gasteiger partial charge in [0.05, 0.1) is 0 Å². The summed E-state index contributed by atoms with van der Waals surface area (Å²) in [7, 11) is 3.53. The smallest absolute Gasteiger partial charge is 0.244 e. The van der Waals surface area contributed by atoms with Crippen LogP contribution in [0.3, 0.4) is 0 Å². The molecule has 0 bridgehead atoms. The van der Waals surface area contributed by atoms with E-state index < -0.39 is 0 Å². The Labute approximate surface area is 116 Å². The lowest BCUT2D eigenvalue weighted by molar-refractivity contribution is -0.142. The third kappa shape index (κ3) is 3.48. The fourth-order valence-electron chi connectivity index (χ4n) is 3.39. The molecule has 1 heterocycles. The van der Waals surface area contributed by atoms with Crippen molar-refractivity contribution in [3.05, 3.63) is 0 Å². The van der Waals surface area contributed by atoms with E-state index in [4.69, 9.17) is 0 Å². The van der Waals surface area contributed by atoms with Crippen LogP contribution in [0.25, 0.3) is 0 Å². The Morgan fingerprint density at radius 2 is 1.79 bits per heavy atom. The molecule has 1 aliphatic heterocycles. The van der Waals surface area contributed by atoms with E-state index in [1.165, 1.54) is 25.7 Å². The first kappa shape index (κ1) is 14.4. The first-order valence-electron chi connectivity index (χ1n) is 7.60. The minimum absolute atomic E-state index is 0.0757. The highest BCUT2D eigenvalue weighted by Gasteiger charge is 2.34. The highest BCUT2D eigenvalue weighted by molar-refractivity contribution is 5.88. The molecule has 0 spiro atoms. The number of carbonyl (C=O) groups is 2. The lowest BCUT2D eigenvalue weighted by atomic mass is 10.0. The van der Waals surface area contributed by atoms with Crippen molar-refractivity contribution in [3.8, 4) is 0 Å². The molecular formula is C15H26N2O2. The van der Waals surface area contributed by atoms with Crippen molar-refractivity contribution in [3.63, 3.8) is 0 Å². The fraction of sp³-hybridized carbons (Fsp3) is 0.867. The predicted octanol–water partition coefficient (Wildman–Crippen LogP) is 2.04. The number of likely N-dealkylation sites (tertiary alicyclic amines) is 1. The second-order valence-corrected chi connectivity index (χ2v) is 6.17. The summed E-state index contributed by atoms with van der Waals surface area (Å²) in [5, 5.41) is 0. The summed E-state index contributed by atoms with van der Waals surface area (Å²) < 4.78 is 0. The third-order valence-corrected chi connectivity index (χ3v) is 4.54. The maximum absolute atomic E-state index is 12.3. The molecule has 0 N–H and O–H groups in total. The standard InChI is InChI=1S/C15H26N2O2/c1-16(2)15(19)13-8-5-11-17(13)14(18)10-9-12-6-3-4-7-12/h12-13H,3-11H2,1-2H3. The fourth-order valence-corrected chi connectivity index (χ4v) is 3.39. The van der Waals surface area contributed by atoms with Gasteiger partial charge >= 0.3 is 0 Å². The van der Waals surface area contributed by atoms with Gasteiger partial charge in [-0.05, 0) is 25.2 Å². The average molecular weight is 266 g/mol. The highest BCUT2D eigenvalue weighted by Crippen LogP contribution is 2.29. The molecule has 0 aromatic carbocycles. The van der Waals surface area contributed by atoms with Gasteiger partial charge in [-0.25, -0.2) is 0 Å². The van der Waals surface area contributed by atoms with Gasteiger partial charge in [-0.1, -0.05) is 25.7 Å². The summed E-state index contributed by atoms with van der Waals surface area (Å²) in [6, 6.07) is -0.203. The van der Waals surface area contributed by atoms with Crippen molar-refractivity contribution < 1.29 is 9.59 Å². The van der Waals surface area contributed by atoms with E-state index in [9.17, 15) is 9.59 Å². The molecule has 2 amide bonds. The van der Waals surface area contributed by atoms with E-state index in [-0.39, 0.29) is 17.9 Å². The summed E-state index contributed by atoms with van der Waals surface area (Å²) in [6.45, 7) is 0.758. The van der Waals surface area contributed by atoms with Gasteiger partial charge < -0.3 is 9.80 Å². The third-order valence-electron chi connectivity index (χ3n) is 4.54. The minimum Gasteiger partial charge on any atom is -0.347 e. The maximum Gasteiger partial charge on any atom is 0.244 e. The number of hydrogen-bond acceptors (Lipinski definition) is 2. The number of likely N-dealkylation sites (N-methyl/N-ethyl adjacent to an activating group) is 1. The summed E-state index contributed by atoms with van der Waals surface area (Å²) in [5.41, 5.74) is 0. The average Bonchev–Trinajstić information content (AvgIpc) is 3.05. The van der Waals surface area contributed by atoms with Gasteiger partial charge in [0, 0.05) is 27.1 Å². The zero-order valence-corrected chi connectivity index (χ0v) is 12.2. The zero-order valence-electron chi connectivity index (χ0n) is 12.2. The number of rotatable bonds is 4. The first-order valence-corrected chi connectivity index (χ1v) is 7.60. The van der Waals surface area contributed by atoms with Crippen LogP contribution >= 0.6 is 0 Å². The zero-order chi connectivity index (χ0) is 13.8. The van der Waals surface area contributed by atoms with Gasteiger partial charge in [0.15, 0.2) is 0 Å². The molecule has 4 heteroatoms. The molecule has 1 saturated carbocycles. The van der Waals surface area contributed by atoms with E-state index in [0.29, 0.717) is 6.42 Å². The van der Waals surface area contributed by atoms with E-state index in [1.54, 1.807) is 19.0 Å². The maximum atomic E-state index is 12.3. The summed E-state index contributed by atoms with van der Waals surface area (Å²) >= 11 is 0. The van der Waals surface area contributed by atoms with Crippen LogP contribution in [0.15, 0.2) is 0 Å². The Balaban J connectivity index is 1.84. The number of amides is 2. The lowest BCUT2D eigenvalue weighted by Gasteiger charge is -2.26. The van der Waals surface area contributed by atoms with Gasteiger partial charge in [-0.15, -0.1) is 0 Å². The molecule has 2 fully saturated rings. The van der Waals surface area contributed by atoms with Crippen LogP contribution in [0, 0.1) is 5.92 Å². The monoisotopic (exact) mass is 266 g/mol. The SMILES string of the molecule is CN(C)C(=O)C1CCCN1C(=O)CCC1CCCC1. The topological polar surface area (TPSA) is 40.6 Å². The van der Waals surface area contributed by atoms with Crippen LogP contribution in [0.5, 0.6) is 0 Å². The van der Waals surface area contributed by atoms with Crippen molar-refractivity contribution in [1.29, 1.82) is 0 Å². The molecule has 108 valence electrons. The predicted molar refractivity (Wildman–Crippen MR) is 74.6 cm³/mol. The van der Waals surface area contributed by atoms with Crippen LogP contribution in [-0.4, -0.2) is 48.3 Å². The molecule has 1 saturated heterocycles. The quantitative estimate of drug-likeness (QED) is 0.781. The molecule has 0 aromatic rings. The van der Waals surface area contributed by atoms with Crippen molar-refractivity contribution in [2.75, 3.05) is 20.6 Å². The van der Waals surface area contributed by atoms with Gasteiger partial charge in [-0.2, -0.15) is 0 Å². The van der Waals surface area contributed by atoms with Crippen LogP contribution < -0.4 is 0 Å². The van der Waals surface area contributed by atoms with Gasteiger partial charge in [0.2, 0.25) is 11.8 Å². The number of nitrogens with zero attached hydrogens (tertiary/aromatic N) is 2. The van der Waals surface area contributed by atoms with E-state index in [0.717, 1.165) is 31.7 Å². The van der Waals surface area contributed by atoms with Crippen LogP contribution in [0.1, 0.15) is 51.4 Å². The molecule has 2 aliphatic rings. The Bertz CT molecular complexity index is 335. The Morgan fingerprint density at radius 3 is 2.42 bits per heavy atom. The highest BCUT2D eigenvalue weighted by atomic mass is 16.2. The van der Waals surface area contributed by atoms with Gasteiger partial charge in [0.1, 0.15) is 6.04 Å². The van der Waals surface area contributed by atoms with Crippen LogP contribution in [0.4, 0.5) is 0 Å². The van der Waals surface area contributed by atoms with E-state index in [1.807, 2.05) is 4.90 Å². The lowest BCUT2D eigenvalue weighted by Crippen LogP contribution is -2.45. The molecule has 1 aliphatic carbocycles. The molecule has 2 rings (SSSR count). The second-order valence-electron chi connectivity index (χ2n) is 6.17. The van der Waals surface area contributed by atoms with Crippen molar-refractivity contribution >= 4 is 11.8 Å². The van der Waals surface area contributed by atoms with E-state index >= 15 is 0 Å². The minimum atomic E-state index is -0.203. The normalized spacial score (nSPS) is 23.9. The van der Waals surface area contributed by atoms with Crippen molar-refractivity contribution in [2.45, 2.75) is 57.4 Å². The molecular weight excluding hydrogens is 240 g/mol. The molecule has 0 radical (unpaired) electrons. The second kappa shape index (κ2) is 6.40. The van der Waals surface area contributed by atoms with Gasteiger partial charge in [0.25, 0.3) is 0 Å². The molecule has 4 nitrogen and oxygen atoms in total. The summed E-state index contributed by atoms with van der Waals surface area (Å²) in [6.07, 6.45) is 8.64. The van der Waals surface area contributed by atoms with Gasteiger partial charge in [-0.3, -0.25) is 9.59 Å². The van der Waals surface area contributed by atoms with Crippen LogP contribution in [-0.2, 0) is 9.59 Å². The van der Waals surface area contributed by atoms with Crippen molar-refractivity contribution in [1.82, 2.24) is 9.80 Å². The summed E-state index contributed by atoms with van der Waals surface area (Å²) in [5.74, 6) is 1.01. The molecule has 19 heavy (non-hydrogen) atoms. The number of carbonyl (C=O) groups excluding carboxylic acids is 2. The van der Waals surface area contributed by atoms with Crippen LogP contribution in [0.2, 0.25) is 0 Å². The van der Waals surface area contributed by atoms with Crippen molar-refractivity contribution in [2.24, 2.45) is 5.92 Å². The summed E-state index contributed by atoms with van der Waals surface area (Å²) in [4.78, 5) is 27.8. The number of hydrogen-bond donors (Lipinski definition) is 0. The first-order chi connectivity index (χ1) is 9.09. The Hall–Kier alpha value is -1.06. The van der Waals surface area contributed by atoms with E-state index in [2.05, 4.69) is 0 Å². The molecule has 1 unspecified atom stereocenters. The molecule has 0 aromatic heterocycles. The Kier molecular flexibility index (Phi) is 4.83. The largest absolute Gasteiger partial charge is 0.347 e.